The van der Waals surface area contributed by atoms with E-state index in [2.05, 4.69) is 28.5 Å². The number of aromatic nitrogens is 2. The number of nitrogens with one attached hydrogen (secondary N) is 1. The molecular weight excluding hydrogens is 230 g/mol. The summed E-state index contributed by atoms with van der Waals surface area (Å²) in [6, 6.07) is 0.603. The highest BCUT2D eigenvalue weighted by molar-refractivity contribution is 7.09. The van der Waals surface area contributed by atoms with Gasteiger partial charge in [-0.2, -0.15) is 4.37 Å². The lowest BCUT2D eigenvalue weighted by atomic mass is 9.80. The molecule has 2 saturated carbocycles. The maximum absolute atomic E-state index is 4.62. The molecule has 17 heavy (non-hydrogen) atoms. The predicted octanol–water partition coefficient (Wildman–Crippen LogP) is 3.65. The molecule has 0 spiro atoms. The van der Waals surface area contributed by atoms with E-state index in [-0.39, 0.29) is 0 Å². The van der Waals surface area contributed by atoms with Gasteiger partial charge >= 0.3 is 0 Å². The van der Waals surface area contributed by atoms with Crippen LogP contribution in [0.15, 0.2) is 0 Å². The third-order valence-electron chi connectivity index (χ3n) is 4.12. The molecule has 0 aliphatic heterocycles. The van der Waals surface area contributed by atoms with Gasteiger partial charge in [0.2, 0.25) is 5.13 Å². The third-order valence-corrected chi connectivity index (χ3v) is 4.79. The molecule has 0 aromatic carbocycles. The molecule has 0 amide bonds. The number of rotatable bonds is 3. The van der Waals surface area contributed by atoms with Crippen LogP contribution in [0.4, 0.5) is 5.13 Å². The van der Waals surface area contributed by atoms with Gasteiger partial charge in [0.1, 0.15) is 5.82 Å². The molecule has 3 unspecified atom stereocenters. The molecule has 0 radical (unpaired) electrons. The first-order valence-electron chi connectivity index (χ1n) is 6.82. The van der Waals surface area contributed by atoms with Crippen LogP contribution >= 0.6 is 11.5 Å². The maximum Gasteiger partial charge on any atom is 0.202 e. The van der Waals surface area contributed by atoms with Crippen molar-refractivity contribution in [3.05, 3.63) is 5.82 Å². The quantitative estimate of drug-likeness (QED) is 0.891. The van der Waals surface area contributed by atoms with Crippen LogP contribution in [0, 0.1) is 11.8 Å². The van der Waals surface area contributed by atoms with Crippen molar-refractivity contribution in [2.75, 3.05) is 5.32 Å². The average Bonchev–Trinajstić information content (AvgIpc) is 3.04. The molecule has 3 atom stereocenters. The van der Waals surface area contributed by atoms with E-state index in [1.807, 2.05) is 0 Å². The first-order valence-corrected chi connectivity index (χ1v) is 7.60. The van der Waals surface area contributed by atoms with Crippen molar-refractivity contribution >= 4 is 16.7 Å². The standard InChI is InChI=1S/C13H21N3S/c1-8-3-6-11(9(2)7-8)14-13-15-12(16-17-13)10-4-5-10/h8-11H,3-7H2,1-2H3,(H,14,15,16). The zero-order chi connectivity index (χ0) is 11.8. The van der Waals surface area contributed by atoms with E-state index in [0.717, 1.165) is 22.8 Å². The fraction of sp³-hybridized carbons (Fsp3) is 0.846. The first-order chi connectivity index (χ1) is 8.22. The van der Waals surface area contributed by atoms with E-state index in [4.69, 9.17) is 0 Å². The fourth-order valence-electron chi connectivity index (χ4n) is 2.84. The molecule has 2 aliphatic carbocycles. The maximum atomic E-state index is 4.62. The largest absolute Gasteiger partial charge is 0.357 e. The van der Waals surface area contributed by atoms with Crippen LogP contribution in [0.25, 0.3) is 0 Å². The molecular formula is C13H21N3S. The molecule has 1 heterocycles. The minimum absolute atomic E-state index is 0.603. The van der Waals surface area contributed by atoms with Gasteiger partial charge < -0.3 is 5.32 Å². The van der Waals surface area contributed by atoms with Crippen LogP contribution in [0.3, 0.4) is 0 Å². The van der Waals surface area contributed by atoms with Crippen molar-refractivity contribution in [2.45, 2.75) is 57.9 Å². The molecule has 3 rings (SSSR count). The van der Waals surface area contributed by atoms with Crippen LogP contribution < -0.4 is 5.32 Å². The Labute approximate surface area is 107 Å². The van der Waals surface area contributed by atoms with Gasteiger partial charge in [-0.25, -0.2) is 4.98 Å². The highest BCUT2D eigenvalue weighted by Gasteiger charge is 2.29. The Morgan fingerprint density at radius 3 is 2.71 bits per heavy atom. The Balaban J connectivity index is 1.61. The second-order valence-corrected chi connectivity index (χ2v) is 6.63. The number of hydrogen-bond donors (Lipinski definition) is 1. The van der Waals surface area contributed by atoms with E-state index in [1.54, 1.807) is 11.5 Å². The summed E-state index contributed by atoms with van der Waals surface area (Å²) in [5.74, 6) is 3.39. The van der Waals surface area contributed by atoms with Crippen molar-refractivity contribution < 1.29 is 0 Å². The number of nitrogens with zero attached hydrogens (tertiary/aromatic N) is 2. The molecule has 0 saturated heterocycles. The predicted molar refractivity (Wildman–Crippen MR) is 71.5 cm³/mol. The van der Waals surface area contributed by atoms with E-state index >= 15 is 0 Å². The zero-order valence-electron chi connectivity index (χ0n) is 10.6. The first kappa shape index (κ1) is 11.5. The Morgan fingerprint density at radius 1 is 1.18 bits per heavy atom. The SMILES string of the molecule is CC1CCC(Nc2nc(C3CC3)ns2)C(C)C1. The molecule has 0 bridgehead atoms. The van der Waals surface area contributed by atoms with Gasteiger partial charge in [-0.05, 0) is 43.9 Å². The minimum atomic E-state index is 0.603. The van der Waals surface area contributed by atoms with Gasteiger partial charge in [0.15, 0.2) is 0 Å². The molecule has 94 valence electrons. The molecule has 4 heteroatoms. The lowest BCUT2D eigenvalue weighted by Gasteiger charge is -2.32. The van der Waals surface area contributed by atoms with Gasteiger partial charge in [0.25, 0.3) is 0 Å². The highest BCUT2D eigenvalue weighted by Crippen LogP contribution is 2.39. The second kappa shape index (κ2) is 4.56. The molecule has 2 aliphatic rings. The van der Waals surface area contributed by atoms with Gasteiger partial charge in [-0.3, -0.25) is 0 Å². The van der Waals surface area contributed by atoms with Crippen molar-refractivity contribution in [2.24, 2.45) is 11.8 Å². The molecule has 1 aromatic heterocycles. The average molecular weight is 251 g/mol. The van der Waals surface area contributed by atoms with E-state index in [9.17, 15) is 0 Å². The second-order valence-electron chi connectivity index (χ2n) is 5.88. The summed E-state index contributed by atoms with van der Waals surface area (Å²) in [5, 5.41) is 4.64. The monoisotopic (exact) mass is 251 g/mol. The van der Waals surface area contributed by atoms with Gasteiger partial charge in [0.05, 0.1) is 0 Å². The normalized spacial score (nSPS) is 33.6. The summed E-state index contributed by atoms with van der Waals surface area (Å²) < 4.78 is 4.45. The lowest BCUT2D eigenvalue weighted by Crippen LogP contribution is -2.32. The van der Waals surface area contributed by atoms with Crippen LogP contribution in [-0.4, -0.2) is 15.4 Å². The van der Waals surface area contributed by atoms with Crippen molar-refractivity contribution in [1.29, 1.82) is 0 Å². The van der Waals surface area contributed by atoms with Crippen molar-refractivity contribution in [3.63, 3.8) is 0 Å². The van der Waals surface area contributed by atoms with E-state index in [0.29, 0.717) is 12.0 Å². The smallest absolute Gasteiger partial charge is 0.202 e. The van der Waals surface area contributed by atoms with Gasteiger partial charge in [-0.1, -0.05) is 13.8 Å². The molecule has 2 fully saturated rings. The van der Waals surface area contributed by atoms with Crippen LogP contribution in [0.5, 0.6) is 0 Å². The number of hydrogen-bond acceptors (Lipinski definition) is 4. The topological polar surface area (TPSA) is 37.8 Å². The van der Waals surface area contributed by atoms with E-state index in [1.165, 1.54) is 32.1 Å². The Bertz CT molecular complexity index is 386. The summed E-state index contributed by atoms with van der Waals surface area (Å²) in [6.07, 6.45) is 6.53. The van der Waals surface area contributed by atoms with Crippen LogP contribution in [0.1, 0.15) is 57.7 Å². The number of anilines is 1. The molecule has 3 nitrogen and oxygen atoms in total. The minimum Gasteiger partial charge on any atom is -0.357 e. The lowest BCUT2D eigenvalue weighted by molar-refractivity contribution is 0.276. The Hall–Kier alpha value is -0.640. The summed E-state index contributed by atoms with van der Waals surface area (Å²) in [7, 11) is 0. The zero-order valence-corrected chi connectivity index (χ0v) is 11.5. The van der Waals surface area contributed by atoms with Crippen LogP contribution in [-0.2, 0) is 0 Å². The Kier molecular flexibility index (Phi) is 3.07. The summed E-state index contributed by atoms with van der Waals surface area (Å²) in [5.41, 5.74) is 0. The summed E-state index contributed by atoms with van der Waals surface area (Å²) in [6.45, 7) is 4.72. The Morgan fingerprint density at radius 2 is 2.00 bits per heavy atom. The summed E-state index contributed by atoms with van der Waals surface area (Å²) >= 11 is 1.54. The third kappa shape index (κ3) is 2.62. The summed E-state index contributed by atoms with van der Waals surface area (Å²) in [4.78, 5) is 4.62. The van der Waals surface area contributed by atoms with Crippen molar-refractivity contribution in [1.82, 2.24) is 9.36 Å². The molecule has 1 aromatic rings. The van der Waals surface area contributed by atoms with Gasteiger partial charge in [0, 0.05) is 23.5 Å². The van der Waals surface area contributed by atoms with Crippen LogP contribution in [0.2, 0.25) is 0 Å². The van der Waals surface area contributed by atoms with Crippen molar-refractivity contribution in [3.8, 4) is 0 Å². The highest BCUT2D eigenvalue weighted by atomic mass is 32.1. The molecule has 1 N–H and O–H groups in total. The fourth-order valence-corrected chi connectivity index (χ4v) is 3.55. The van der Waals surface area contributed by atoms with E-state index < -0.39 is 0 Å². The van der Waals surface area contributed by atoms with Gasteiger partial charge in [-0.15, -0.1) is 0 Å².